The van der Waals surface area contributed by atoms with E-state index in [9.17, 15) is 13.2 Å². The zero-order valence-electron chi connectivity index (χ0n) is 14.0. The van der Waals surface area contributed by atoms with E-state index in [0.29, 0.717) is 11.4 Å². The number of benzene rings is 2. The second-order valence-electron chi connectivity index (χ2n) is 5.35. The summed E-state index contributed by atoms with van der Waals surface area (Å²) in [5.41, 5.74) is 1.59. The summed E-state index contributed by atoms with van der Waals surface area (Å²) in [5, 5.41) is 0. The van der Waals surface area contributed by atoms with E-state index in [1.54, 1.807) is 56.4 Å². The van der Waals surface area contributed by atoms with Crippen LogP contribution in [0.4, 0.5) is 11.4 Å². The molecule has 1 N–H and O–H groups in total. The van der Waals surface area contributed by atoms with Gasteiger partial charge < -0.3 is 9.64 Å². The maximum Gasteiger partial charge on any atom is 0.265 e. The van der Waals surface area contributed by atoms with Crippen molar-refractivity contribution in [2.45, 2.75) is 18.7 Å². The van der Waals surface area contributed by atoms with Gasteiger partial charge in [0.1, 0.15) is 10.6 Å². The van der Waals surface area contributed by atoms with Crippen molar-refractivity contribution in [3.8, 4) is 5.75 Å². The van der Waals surface area contributed by atoms with Crippen LogP contribution < -0.4 is 14.4 Å². The van der Waals surface area contributed by atoms with Crippen LogP contribution in [0, 0.1) is 6.92 Å². The van der Waals surface area contributed by atoms with Gasteiger partial charge in [-0.25, -0.2) is 8.42 Å². The Labute approximate surface area is 142 Å². The zero-order valence-corrected chi connectivity index (χ0v) is 14.8. The van der Waals surface area contributed by atoms with E-state index < -0.39 is 10.0 Å². The molecule has 0 heterocycles. The number of methoxy groups -OCH3 is 1. The van der Waals surface area contributed by atoms with Crippen LogP contribution in [0.1, 0.15) is 12.5 Å². The van der Waals surface area contributed by atoms with Crippen LogP contribution in [0.3, 0.4) is 0 Å². The number of hydrogen-bond acceptors (Lipinski definition) is 4. The first kappa shape index (κ1) is 17.8. The number of aryl methyl sites for hydroxylation is 1. The molecule has 6 nitrogen and oxygen atoms in total. The van der Waals surface area contributed by atoms with E-state index in [0.717, 1.165) is 5.56 Å². The molecule has 0 radical (unpaired) electrons. The predicted molar refractivity (Wildman–Crippen MR) is 94.1 cm³/mol. The van der Waals surface area contributed by atoms with Crippen molar-refractivity contribution in [3.63, 3.8) is 0 Å². The fourth-order valence-corrected chi connectivity index (χ4v) is 3.55. The van der Waals surface area contributed by atoms with E-state index in [1.165, 1.54) is 18.9 Å². The number of ether oxygens (including phenoxy) is 1. The lowest BCUT2D eigenvalue weighted by Gasteiger charge is -2.20. The molecule has 2 aromatic carbocycles. The maximum absolute atomic E-state index is 12.8. The second kappa shape index (κ2) is 6.92. The van der Waals surface area contributed by atoms with Gasteiger partial charge in [0.2, 0.25) is 5.91 Å². The number of carbonyl (C=O) groups is 1. The first-order chi connectivity index (χ1) is 11.3. The van der Waals surface area contributed by atoms with Gasteiger partial charge in [0.05, 0.1) is 18.5 Å². The first-order valence-electron chi connectivity index (χ1n) is 7.27. The molecule has 0 atom stereocenters. The summed E-state index contributed by atoms with van der Waals surface area (Å²) in [5.74, 6) is 0.0558. The third-order valence-electron chi connectivity index (χ3n) is 3.59. The molecule has 0 aliphatic heterocycles. The molecular formula is C17H20N2O4S. The van der Waals surface area contributed by atoms with Gasteiger partial charge in [0.25, 0.3) is 10.0 Å². The number of nitrogens with zero attached hydrogens (tertiary/aromatic N) is 1. The third kappa shape index (κ3) is 3.68. The van der Waals surface area contributed by atoms with Crippen LogP contribution in [0.25, 0.3) is 0 Å². The van der Waals surface area contributed by atoms with Gasteiger partial charge in [0.15, 0.2) is 0 Å². The molecular weight excluding hydrogens is 328 g/mol. The summed E-state index contributed by atoms with van der Waals surface area (Å²) >= 11 is 0. The average molecular weight is 348 g/mol. The molecule has 128 valence electrons. The molecule has 0 aliphatic carbocycles. The summed E-state index contributed by atoms with van der Waals surface area (Å²) in [6.45, 7) is 3.21. The minimum atomic E-state index is -3.87. The van der Waals surface area contributed by atoms with Crippen molar-refractivity contribution < 1.29 is 17.9 Å². The normalized spacial score (nSPS) is 11.0. The minimum Gasteiger partial charge on any atom is -0.495 e. The van der Waals surface area contributed by atoms with Crippen molar-refractivity contribution in [1.82, 2.24) is 0 Å². The number of nitrogens with one attached hydrogen (secondary N) is 1. The quantitative estimate of drug-likeness (QED) is 0.901. The van der Waals surface area contributed by atoms with E-state index in [-0.39, 0.29) is 16.6 Å². The number of amides is 1. The molecule has 2 aromatic rings. The SMILES string of the molecule is COc1ccc(C)cc1S(=O)(=O)Nc1ccccc1N(C)C(C)=O. The first-order valence-corrected chi connectivity index (χ1v) is 8.75. The summed E-state index contributed by atoms with van der Waals surface area (Å²) < 4.78 is 33.3. The van der Waals surface area contributed by atoms with Gasteiger partial charge in [-0.05, 0) is 36.8 Å². The highest BCUT2D eigenvalue weighted by atomic mass is 32.2. The molecule has 2 rings (SSSR count). The van der Waals surface area contributed by atoms with Crippen molar-refractivity contribution >= 4 is 27.3 Å². The molecule has 0 aromatic heterocycles. The molecule has 24 heavy (non-hydrogen) atoms. The lowest BCUT2D eigenvalue weighted by Crippen LogP contribution is -2.25. The van der Waals surface area contributed by atoms with Gasteiger partial charge in [-0.15, -0.1) is 0 Å². The van der Waals surface area contributed by atoms with Crippen molar-refractivity contribution in [3.05, 3.63) is 48.0 Å². The summed E-state index contributed by atoms with van der Waals surface area (Å²) in [6, 6.07) is 11.6. The number of para-hydroxylation sites is 2. The number of hydrogen-bond donors (Lipinski definition) is 1. The highest BCUT2D eigenvalue weighted by Crippen LogP contribution is 2.30. The topological polar surface area (TPSA) is 75.7 Å². The maximum atomic E-state index is 12.8. The summed E-state index contributed by atoms with van der Waals surface area (Å²) in [7, 11) is -0.869. The Balaban J connectivity index is 2.48. The Hall–Kier alpha value is -2.54. The van der Waals surface area contributed by atoms with Crippen molar-refractivity contribution in [1.29, 1.82) is 0 Å². The highest BCUT2D eigenvalue weighted by molar-refractivity contribution is 7.92. The molecule has 7 heteroatoms. The van der Waals surface area contributed by atoms with E-state index >= 15 is 0 Å². The fourth-order valence-electron chi connectivity index (χ4n) is 2.22. The van der Waals surface area contributed by atoms with Crippen LogP contribution in [0.5, 0.6) is 5.75 Å². The summed E-state index contributed by atoms with van der Waals surface area (Å²) in [4.78, 5) is 13.0. The molecule has 0 saturated carbocycles. The Bertz CT molecular complexity index is 863. The van der Waals surface area contributed by atoms with Crippen LogP contribution in [-0.2, 0) is 14.8 Å². The van der Waals surface area contributed by atoms with Crippen LogP contribution >= 0.6 is 0 Å². The van der Waals surface area contributed by atoms with Crippen LogP contribution in [-0.4, -0.2) is 28.5 Å². The van der Waals surface area contributed by atoms with Gasteiger partial charge in [-0.2, -0.15) is 0 Å². The van der Waals surface area contributed by atoms with E-state index in [4.69, 9.17) is 4.74 Å². The predicted octanol–water partition coefficient (Wildman–Crippen LogP) is 2.79. The molecule has 0 bridgehead atoms. The standard InChI is InChI=1S/C17H20N2O4S/c1-12-9-10-16(23-4)17(11-12)24(21,22)18-14-7-5-6-8-15(14)19(3)13(2)20/h5-11,18H,1-4H3. The number of sulfonamides is 1. The zero-order chi connectivity index (χ0) is 17.9. The fraction of sp³-hybridized carbons (Fsp3) is 0.235. The minimum absolute atomic E-state index is 0.0466. The Morgan fingerprint density at radius 1 is 1.17 bits per heavy atom. The van der Waals surface area contributed by atoms with Crippen molar-refractivity contribution in [2.24, 2.45) is 0 Å². The van der Waals surface area contributed by atoms with E-state index in [1.807, 2.05) is 0 Å². The van der Waals surface area contributed by atoms with Gasteiger partial charge in [-0.1, -0.05) is 18.2 Å². The second-order valence-corrected chi connectivity index (χ2v) is 7.01. The smallest absolute Gasteiger partial charge is 0.265 e. The third-order valence-corrected chi connectivity index (χ3v) is 4.98. The Morgan fingerprint density at radius 2 is 1.83 bits per heavy atom. The average Bonchev–Trinajstić information content (AvgIpc) is 2.54. The number of rotatable bonds is 5. The largest absolute Gasteiger partial charge is 0.495 e. The number of carbonyl (C=O) groups excluding carboxylic acids is 1. The summed E-state index contributed by atoms with van der Waals surface area (Å²) in [6.07, 6.45) is 0. The highest BCUT2D eigenvalue weighted by Gasteiger charge is 2.22. The molecule has 0 aliphatic rings. The monoisotopic (exact) mass is 348 g/mol. The lowest BCUT2D eigenvalue weighted by molar-refractivity contribution is -0.116. The van der Waals surface area contributed by atoms with Crippen LogP contribution in [0.15, 0.2) is 47.4 Å². The molecule has 0 unspecified atom stereocenters. The van der Waals surface area contributed by atoms with Crippen molar-refractivity contribution in [2.75, 3.05) is 23.8 Å². The van der Waals surface area contributed by atoms with E-state index in [2.05, 4.69) is 4.72 Å². The molecule has 0 spiro atoms. The Morgan fingerprint density at radius 3 is 2.46 bits per heavy atom. The Kier molecular flexibility index (Phi) is 5.14. The molecule has 1 amide bonds. The van der Waals surface area contributed by atoms with Gasteiger partial charge in [-0.3, -0.25) is 9.52 Å². The van der Waals surface area contributed by atoms with Crippen LogP contribution in [0.2, 0.25) is 0 Å². The van der Waals surface area contributed by atoms with Gasteiger partial charge >= 0.3 is 0 Å². The number of anilines is 2. The molecule has 0 fully saturated rings. The van der Waals surface area contributed by atoms with Gasteiger partial charge in [0, 0.05) is 14.0 Å². The lowest BCUT2D eigenvalue weighted by atomic mass is 10.2. The molecule has 0 saturated heterocycles.